The summed E-state index contributed by atoms with van der Waals surface area (Å²) in [6.07, 6.45) is 0. The van der Waals surface area contributed by atoms with Gasteiger partial charge in [-0.15, -0.1) is 20.6 Å². The first-order valence-corrected chi connectivity index (χ1v) is 5.74. The molecule has 13 heavy (non-hydrogen) atoms. The van der Waals surface area contributed by atoms with E-state index >= 15 is 0 Å². The Hall–Kier alpha value is 0.125. The maximum absolute atomic E-state index is 13.5. The van der Waals surface area contributed by atoms with Crippen molar-refractivity contribution in [1.82, 2.24) is 0 Å². The summed E-state index contributed by atoms with van der Waals surface area (Å²) in [6, 6.07) is 1.96. The fourth-order valence-electron chi connectivity index (χ4n) is 0.986. The molecule has 1 heterocycles. The standard InChI is InChI=1S/C9H15BFPS/c1-8(2,3)6-4-7(13-5-6)9(10,11)12/h4-5H,10,12H2,1-3H3. The van der Waals surface area contributed by atoms with E-state index in [1.54, 1.807) is 7.85 Å². The van der Waals surface area contributed by atoms with Crippen molar-refractivity contribution in [3.63, 3.8) is 0 Å². The van der Waals surface area contributed by atoms with Gasteiger partial charge in [-0.25, -0.2) is 4.39 Å². The molecule has 0 aliphatic heterocycles. The van der Waals surface area contributed by atoms with Crippen molar-refractivity contribution in [2.24, 2.45) is 0 Å². The van der Waals surface area contributed by atoms with Crippen molar-refractivity contribution in [2.75, 3.05) is 0 Å². The summed E-state index contributed by atoms with van der Waals surface area (Å²) in [5, 5.41) is 0.755. The summed E-state index contributed by atoms with van der Waals surface area (Å²) in [5.74, 6) is 0. The molecule has 4 heteroatoms. The highest BCUT2D eigenvalue weighted by atomic mass is 32.1. The Morgan fingerprint density at radius 2 is 2.00 bits per heavy atom. The number of hydrogen-bond acceptors (Lipinski definition) is 1. The fraction of sp³-hybridized carbons (Fsp3) is 0.556. The molecule has 0 nitrogen and oxygen atoms in total. The van der Waals surface area contributed by atoms with E-state index in [2.05, 4.69) is 30.0 Å². The van der Waals surface area contributed by atoms with Gasteiger partial charge in [-0.05, 0) is 22.4 Å². The summed E-state index contributed by atoms with van der Waals surface area (Å²) in [6.45, 7) is 6.41. The lowest BCUT2D eigenvalue weighted by Crippen LogP contribution is -2.11. The van der Waals surface area contributed by atoms with Crippen molar-refractivity contribution in [1.29, 1.82) is 0 Å². The monoisotopic (exact) mass is 216 g/mol. The SMILES string of the molecule is BC(F)(P)c1cc(C(C)(C)C)cs1. The van der Waals surface area contributed by atoms with Crippen LogP contribution in [0, 0.1) is 0 Å². The highest BCUT2D eigenvalue weighted by Crippen LogP contribution is 2.37. The topological polar surface area (TPSA) is 0 Å². The van der Waals surface area contributed by atoms with Crippen LogP contribution in [0.1, 0.15) is 31.2 Å². The summed E-state index contributed by atoms with van der Waals surface area (Å²) in [7, 11) is 3.79. The van der Waals surface area contributed by atoms with E-state index in [9.17, 15) is 4.39 Å². The van der Waals surface area contributed by atoms with Gasteiger partial charge in [0.2, 0.25) is 0 Å². The van der Waals surface area contributed by atoms with Gasteiger partial charge in [0.1, 0.15) is 5.31 Å². The fourth-order valence-corrected chi connectivity index (χ4v) is 2.37. The van der Waals surface area contributed by atoms with Crippen molar-refractivity contribution >= 4 is 28.4 Å². The summed E-state index contributed by atoms with van der Waals surface area (Å²) >= 11 is 1.49. The minimum absolute atomic E-state index is 0.116. The molecular weight excluding hydrogens is 201 g/mol. The second kappa shape index (κ2) is 3.36. The van der Waals surface area contributed by atoms with Crippen LogP contribution in [0.2, 0.25) is 0 Å². The molecule has 0 fully saturated rings. The number of hydrogen-bond donors (Lipinski definition) is 0. The molecule has 1 aromatic heterocycles. The first-order chi connectivity index (χ1) is 5.71. The van der Waals surface area contributed by atoms with Crippen LogP contribution in [-0.2, 0) is 10.7 Å². The van der Waals surface area contributed by atoms with Crippen molar-refractivity contribution in [2.45, 2.75) is 31.5 Å². The molecule has 1 aromatic rings. The molecule has 0 aliphatic carbocycles. The Kier molecular flexibility index (Phi) is 2.90. The van der Waals surface area contributed by atoms with E-state index in [-0.39, 0.29) is 5.41 Å². The predicted octanol–water partition coefficient (Wildman–Crippen LogP) is 2.63. The van der Waals surface area contributed by atoms with Gasteiger partial charge in [0.15, 0.2) is 7.85 Å². The van der Waals surface area contributed by atoms with Gasteiger partial charge in [0.05, 0.1) is 0 Å². The van der Waals surface area contributed by atoms with Gasteiger partial charge in [0, 0.05) is 4.88 Å². The summed E-state index contributed by atoms with van der Waals surface area (Å²) < 4.78 is 13.5. The van der Waals surface area contributed by atoms with Crippen LogP contribution in [0.25, 0.3) is 0 Å². The molecule has 0 N–H and O–H groups in total. The highest BCUT2D eigenvalue weighted by molar-refractivity contribution is 7.23. The van der Waals surface area contributed by atoms with Crippen LogP contribution in [-0.4, -0.2) is 7.85 Å². The first kappa shape index (κ1) is 11.2. The Bertz CT molecular complexity index is 267. The molecule has 0 spiro atoms. The van der Waals surface area contributed by atoms with E-state index in [1.165, 1.54) is 16.9 Å². The molecule has 0 bridgehead atoms. The highest BCUT2D eigenvalue weighted by Gasteiger charge is 2.24. The van der Waals surface area contributed by atoms with E-state index in [1.807, 2.05) is 11.4 Å². The van der Waals surface area contributed by atoms with E-state index in [0.29, 0.717) is 0 Å². The van der Waals surface area contributed by atoms with Crippen LogP contribution in [0.5, 0.6) is 0 Å². The number of thiophene rings is 1. The Balaban J connectivity index is 3.01. The van der Waals surface area contributed by atoms with Gasteiger partial charge in [-0.1, -0.05) is 20.8 Å². The van der Waals surface area contributed by atoms with Gasteiger partial charge in [-0.3, -0.25) is 0 Å². The zero-order valence-electron chi connectivity index (χ0n) is 8.52. The molecule has 2 atom stereocenters. The quantitative estimate of drug-likeness (QED) is 0.500. The molecule has 0 saturated heterocycles. The zero-order chi connectivity index (χ0) is 10.3. The molecule has 0 radical (unpaired) electrons. The minimum atomic E-state index is -1.28. The van der Waals surface area contributed by atoms with Crippen LogP contribution in [0.4, 0.5) is 4.39 Å². The molecule has 2 unspecified atom stereocenters. The molecule has 0 aliphatic rings. The smallest absolute Gasteiger partial charge is 0.162 e. The summed E-state index contributed by atoms with van der Waals surface area (Å²) in [5.41, 5.74) is 1.32. The lowest BCUT2D eigenvalue weighted by Gasteiger charge is -2.16. The molecule has 0 aromatic carbocycles. The maximum atomic E-state index is 13.5. The maximum Gasteiger partial charge on any atom is 0.162 e. The van der Waals surface area contributed by atoms with Crippen LogP contribution in [0.15, 0.2) is 11.4 Å². The van der Waals surface area contributed by atoms with Gasteiger partial charge < -0.3 is 0 Å². The van der Waals surface area contributed by atoms with E-state index < -0.39 is 5.31 Å². The predicted molar refractivity (Wildman–Crippen MR) is 64.1 cm³/mol. The van der Waals surface area contributed by atoms with Crippen LogP contribution < -0.4 is 0 Å². The molecular formula is C9H15BFPS. The van der Waals surface area contributed by atoms with Crippen molar-refractivity contribution in [3.8, 4) is 0 Å². The van der Waals surface area contributed by atoms with Crippen molar-refractivity contribution in [3.05, 3.63) is 21.9 Å². The number of rotatable bonds is 1. The second-order valence-corrected chi connectivity index (χ2v) is 6.52. The normalized spacial score (nSPS) is 17.0. The largest absolute Gasteiger partial charge is 0.244 e. The first-order valence-electron chi connectivity index (χ1n) is 4.28. The average molecular weight is 216 g/mol. The number of halogens is 1. The zero-order valence-corrected chi connectivity index (χ0v) is 10.5. The lowest BCUT2D eigenvalue weighted by molar-refractivity contribution is 0.419. The third-order valence-electron chi connectivity index (χ3n) is 1.95. The van der Waals surface area contributed by atoms with E-state index in [4.69, 9.17) is 0 Å². The van der Waals surface area contributed by atoms with Crippen molar-refractivity contribution < 1.29 is 4.39 Å². The minimum Gasteiger partial charge on any atom is -0.244 e. The Morgan fingerprint density at radius 3 is 2.23 bits per heavy atom. The third-order valence-corrected chi connectivity index (χ3v) is 3.61. The lowest BCUT2D eigenvalue weighted by atomic mass is 9.88. The van der Waals surface area contributed by atoms with Gasteiger partial charge in [-0.2, -0.15) is 0 Å². The molecule has 72 valence electrons. The van der Waals surface area contributed by atoms with E-state index in [0.717, 1.165) is 4.88 Å². The Labute approximate surface area is 86.5 Å². The molecule has 0 amide bonds. The third kappa shape index (κ3) is 2.79. The number of alkyl halides is 1. The summed E-state index contributed by atoms with van der Waals surface area (Å²) in [4.78, 5) is 0.780. The average Bonchev–Trinajstić information content (AvgIpc) is 2.28. The van der Waals surface area contributed by atoms with Crippen LogP contribution >= 0.6 is 20.6 Å². The molecule has 0 saturated carbocycles. The Morgan fingerprint density at radius 1 is 1.46 bits per heavy atom. The van der Waals surface area contributed by atoms with Gasteiger partial charge in [0.25, 0.3) is 0 Å². The van der Waals surface area contributed by atoms with Gasteiger partial charge >= 0.3 is 0 Å². The van der Waals surface area contributed by atoms with Crippen LogP contribution in [0.3, 0.4) is 0 Å². The molecule has 1 rings (SSSR count). The second-order valence-electron chi connectivity index (χ2n) is 4.53.